The molecule has 1 heterocycles. The first-order valence-electron chi connectivity index (χ1n) is 6.70. The van der Waals surface area contributed by atoms with Crippen molar-refractivity contribution in [1.82, 2.24) is 4.98 Å². The van der Waals surface area contributed by atoms with E-state index in [1.165, 1.54) is 24.5 Å². The molecule has 0 aliphatic carbocycles. The van der Waals surface area contributed by atoms with Crippen molar-refractivity contribution < 1.29 is 22.7 Å². The normalized spacial score (nSPS) is 10.7. The highest BCUT2D eigenvalue weighted by molar-refractivity contribution is 5.60. The molecule has 0 aliphatic rings. The molecule has 0 atom stereocenters. The third kappa shape index (κ3) is 4.58. The van der Waals surface area contributed by atoms with Gasteiger partial charge in [0.25, 0.3) is 0 Å². The molecule has 0 amide bonds. The number of hydrogen-bond donors (Lipinski definition) is 0. The summed E-state index contributed by atoms with van der Waals surface area (Å²) in [4.78, 5) is 6.79. The molecule has 23 heavy (non-hydrogen) atoms. The van der Waals surface area contributed by atoms with Gasteiger partial charge in [0, 0.05) is 10.5 Å². The SMILES string of the molecule is CC(C)Oc1cc(-c2nc(CN=[N+]=[N-])co2)ccc1OC(F)F. The third-order valence-electron chi connectivity index (χ3n) is 2.62. The lowest BCUT2D eigenvalue weighted by atomic mass is 10.2. The fourth-order valence-corrected chi connectivity index (χ4v) is 1.80. The quantitative estimate of drug-likeness (QED) is 0.424. The van der Waals surface area contributed by atoms with Crippen molar-refractivity contribution in [1.29, 1.82) is 0 Å². The van der Waals surface area contributed by atoms with Gasteiger partial charge in [-0.25, -0.2) is 4.98 Å². The number of benzene rings is 1. The summed E-state index contributed by atoms with van der Waals surface area (Å²) >= 11 is 0. The summed E-state index contributed by atoms with van der Waals surface area (Å²) in [5.41, 5.74) is 9.26. The van der Waals surface area contributed by atoms with E-state index < -0.39 is 6.61 Å². The smallest absolute Gasteiger partial charge is 0.387 e. The van der Waals surface area contributed by atoms with Gasteiger partial charge in [-0.3, -0.25) is 0 Å². The van der Waals surface area contributed by atoms with E-state index in [9.17, 15) is 8.78 Å². The number of ether oxygens (including phenoxy) is 2. The van der Waals surface area contributed by atoms with Gasteiger partial charge in [0.05, 0.1) is 18.3 Å². The van der Waals surface area contributed by atoms with E-state index in [0.29, 0.717) is 11.3 Å². The zero-order valence-corrected chi connectivity index (χ0v) is 12.4. The van der Waals surface area contributed by atoms with E-state index >= 15 is 0 Å². The van der Waals surface area contributed by atoms with E-state index in [4.69, 9.17) is 14.7 Å². The fourth-order valence-electron chi connectivity index (χ4n) is 1.80. The monoisotopic (exact) mass is 324 g/mol. The fraction of sp³-hybridized carbons (Fsp3) is 0.357. The Morgan fingerprint density at radius 3 is 2.74 bits per heavy atom. The highest BCUT2D eigenvalue weighted by Gasteiger charge is 2.15. The number of alkyl halides is 2. The lowest BCUT2D eigenvalue weighted by molar-refractivity contribution is -0.0518. The number of halogens is 2. The molecule has 0 saturated carbocycles. The standard InChI is InChI=1S/C14H14F2N4O3/c1-8(2)22-12-5-9(3-4-11(12)23-14(15)16)13-19-10(7-21-13)6-18-20-17/h3-5,7-8,14H,6H2,1-2H3. The second-order valence-corrected chi connectivity index (χ2v) is 4.74. The Labute approximate surface area is 130 Å². The van der Waals surface area contributed by atoms with Gasteiger partial charge in [-0.1, -0.05) is 5.11 Å². The Hall–Kier alpha value is -2.80. The van der Waals surface area contributed by atoms with Gasteiger partial charge in [-0.15, -0.1) is 0 Å². The second-order valence-electron chi connectivity index (χ2n) is 4.74. The molecule has 0 saturated heterocycles. The summed E-state index contributed by atoms with van der Waals surface area (Å²) in [6, 6.07) is 4.38. The molecule has 7 nitrogen and oxygen atoms in total. The Morgan fingerprint density at radius 1 is 1.30 bits per heavy atom. The molecule has 2 aromatic rings. The summed E-state index contributed by atoms with van der Waals surface area (Å²) in [5.74, 6) is 0.344. The number of rotatable bonds is 7. The molecule has 1 aromatic carbocycles. The van der Waals surface area contributed by atoms with Gasteiger partial charge < -0.3 is 13.9 Å². The molecule has 0 aliphatic heterocycles. The Balaban J connectivity index is 2.31. The summed E-state index contributed by atoms with van der Waals surface area (Å²) in [7, 11) is 0. The van der Waals surface area contributed by atoms with Crippen LogP contribution in [-0.4, -0.2) is 17.7 Å². The van der Waals surface area contributed by atoms with E-state index in [1.807, 2.05) is 0 Å². The van der Waals surface area contributed by atoms with Crippen LogP contribution in [0.1, 0.15) is 19.5 Å². The van der Waals surface area contributed by atoms with Crippen molar-refractivity contribution in [3.63, 3.8) is 0 Å². The maximum atomic E-state index is 12.4. The number of oxazole rings is 1. The molecule has 122 valence electrons. The van der Waals surface area contributed by atoms with Crippen LogP contribution in [0.2, 0.25) is 0 Å². The minimum Gasteiger partial charge on any atom is -0.487 e. The minimum atomic E-state index is -2.95. The van der Waals surface area contributed by atoms with Gasteiger partial charge in [-0.05, 0) is 37.6 Å². The maximum Gasteiger partial charge on any atom is 0.387 e. The lowest BCUT2D eigenvalue weighted by Crippen LogP contribution is -2.09. The predicted octanol–water partition coefficient (Wildman–Crippen LogP) is 4.54. The molecule has 0 unspecified atom stereocenters. The van der Waals surface area contributed by atoms with Crippen molar-refractivity contribution in [2.24, 2.45) is 5.11 Å². The molecule has 9 heteroatoms. The molecule has 0 bridgehead atoms. The van der Waals surface area contributed by atoms with Crippen LogP contribution in [0.3, 0.4) is 0 Å². The Kier molecular flexibility index (Phi) is 5.37. The van der Waals surface area contributed by atoms with E-state index in [1.54, 1.807) is 13.8 Å². The van der Waals surface area contributed by atoms with Crippen LogP contribution in [0.4, 0.5) is 8.78 Å². The molecule has 1 aromatic heterocycles. The van der Waals surface area contributed by atoms with Gasteiger partial charge in [-0.2, -0.15) is 8.78 Å². The van der Waals surface area contributed by atoms with E-state index in [0.717, 1.165) is 0 Å². The van der Waals surface area contributed by atoms with Crippen molar-refractivity contribution in [3.05, 3.63) is 40.6 Å². The first-order valence-corrected chi connectivity index (χ1v) is 6.70. The molecule has 0 spiro atoms. The Bertz CT molecular complexity index is 712. The largest absolute Gasteiger partial charge is 0.487 e. The highest BCUT2D eigenvalue weighted by Crippen LogP contribution is 2.34. The predicted molar refractivity (Wildman–Crippen MR) is 77.2 cm³/mol. The Morgan fingerprint density at radius 2 is 2.09 bits per heavy atom. The zero-order chi connectivity index (χ0) is 16.8. The molecule has 0 radical (unpaired) electrons. The number of hydrogen-bond acceptors (Lipinski definition) is 5. The maximum absolute atomic E-state index is 12.4. The van der Waals surface area contributed by atoms with Crippen LogP contribution in [-0.2, 0) is 6.54 Å². The second kappa shape index (κ2) is 7.46. The summed E-state index contributed by atoms with van der Waals surface area (Å²) in [6.45, 7) is 0.638. The summed E-state index contributed by atoms with van der Waals surface area (Å²) < 4.78 is 40.1. The minimum absolute atomic E-state index is 0.0575. The number of nitrogens with zero attached hydrogens (tertiary/aromatic N) is 4. The molecular formula is C14H14F2N4O3. The summed E-state index contributed by atoms with van der Waals surface area (Å²) in [6.07, 6.45) is 1.13. The number of azide groups is 1. The van der Waals surface area contributed by atoms with Crippen molar-refractivity contribution in [2.75, 3.05) is 0 Å². The third-order valence-corrected chi connectivity index (χ3v) is 2.62. The van der Waals surface area contributed by atoms with Crippen LogP contribution >= 0.6 is 0 Å². The zero-order valence-electron chi connectivity index (χ0n) is 12.4. The van der Waals surface area contributed by atoms with Gasteiger partial charge in [0.1, 0.15) is 6.26 Å². The van der Waals surface area contributed by atoms with Crippen molar-refractivity contribution in [3.8, 4) is 23.0 Å². The van der Waals surface area contributed by atoms with Crippen LogP contribution in [0.15, 0.2) is 34.0 Å². The van der Waals surface area contributed by atoms with Crippen molar-refractivity contribution in [2.45, 2.75) is 33.1 Å². The van der Waals surface area contributed by atoms with Crippen LogP contribution < -0.4 is 9.47 Å². The topological polar surface area (TPSA) is 93.3 Å². The average Bonchev–Trinajstić information content (AvgIpc) is 2.94. The van der Waals surface area contributed by atoms with Crippen LogP contribution in [0, 0.1) is 0 Å². The van der Waals surface area contributed by atoms with E-state index in [-0.39, 0.29) is 30.0 Å². The molecular weight excluding hydrogens is 310 g/mol. The first kappa shape index (κ1) is 16.6. The molecule has 2 rings (SSSR count). The lowest BCUT2D eigenvalue weighted by Gasteiger charge is -2.15. The van der Waals surface area contributed by atoms with Gasteiger partial charge >= 0.3 is 6.61 Å². The highest BCUT2D eigenvalue weighted by atomic mass is 19.3. The summed E-state index contributed by atoms with van der Waals surface area (Å²) in [5, 5.41) is 3.38. The first-order chi connectivity index (χ1) is 11.0. The van der Waals surface area contributed by atoms with Crippen molar-refractivity contribution >= 4 is 0 Å². The van der Waals surface area contributed by atoms with Crippen LogP contribution in [0.25, 0.3) is 21.9 Å². The van der Waals surface area contributed by atoms with E-state index in [2.05, 4.69) is 19.7 Å². The molecule has 0 fully saturated rings. The van der Waals surface area contributed by atoms with Gasteiger partial charge in [0.2, 0.25) is 5.89 Å². The van der Waals surface area contributed by atoms with Crippen LogP contribution in [0.5, 0.6) is 11.5 Å². The average molecular weight is 324 g/mol. The molecule has 0 N–H and O–H groups in total. The van der Waals surface area contributed by atoms with Gasteiger partial charge in [0.15, 0.2) is 11.5 Å². The number of aromatic nitrogens is 1.